The summed E-state index contributed by atoms with van der Waals surface area (Å²) in [6.45, 7) is 2.52. The Morgan fingerprint density at radius 2 is 2.04 bits per heavy atom. The van der Waals surface area contributed by atoms with Crippen LogP contribution in [0.3, 0.4) is 0 Å². The van der Waals surface area contributed by atoms with Crippen LogP contribution < -0.4 is 15.5 Å². The van der Waals surface area contributed by atoms with E-state index in [9.17, 15) is 4.79 Å². The van der Waals surface area contributed by atoms with Crippen molar-refractivity contribution >= 4 is 45.5 Å². The topological polar surface area (TPSA) is 62.7 Å². The summed E-state index contributed by atoms with van der Waals surface area (Å²) in [5, 5.41) is 7.14. The van der Waals surface area contributed by atoms with Gasteiger partial charge in [0.05, 0.1) is 17.3 Å². The van der Waals surface area contributed by atoms with Gasteiger partial charge in [-0.1, -0.05) is 11.6 Å². The van der Waals surface area contributed by atoms with Crippen molar-refractivity contribution in [2.45, 2.75) is 6.92 Å². The Balaban J connectivity index is 1.89. The molecule has 0 atom stereocenters. The molecule has 5 nitrogen and oxygen atoms in total. The number of carbonyl (C=O) groups is 1. The molecule has 0 heterocycles. The minimum absolute atomic E-state index is 0.437. The summed E-state index contributed by atoms with van der Waals surface area (Å²) in [4.78, 5) is 11.7. The van der Waals surface area contributed by atoms with Crippen molar-refractivity contribution in [3.8, 4) is 5.75 Å². The lowest BCUT2D eigenvalue weighted by Gasteiger charge is -2.06. The van der Waals surface area contributed by atoms with Crippen LogP contribution in [0.4, 0.5) is 10.5 Å². The monoisotopic (exact) mass is 395 g/mol. The van der Waals surface area contributed by atoms with Gasteiger partial charge < -0.3 is 10.1 Å². The van der Waals surface area contributed by atoms with E-state index >= 15 is 0 Å². The van der Waals surface area contributed by atoms with Crippen molar-refractivity contribution in [3.63, 3.8) is 0 Å². The maximum Gasteiger partial charge on any atom is 0.339 e. The average molecular weight is 397 g/mol. The van der Waals surface area contributed by atoms with Gasteiger partial charge >= 0.3 is 6.03 Å². The highest BCUT2D eigenvalue weighted by Crippen LogP contribution is 2.25. The second kappa shape index (κ2) is 8.55. The van der Waals surface area contributed by atoms with Crippen LogP contribution >= 0.6 is 27.5 Å². The van der Waals surface area contributed by atoms with E-state index in [2.05, 4.69) is 31.8 Å². The number of nitrogens with zero attached hydrogens (tertiary/aromatic N) is 1. The summed E-state index contributed by atoms with van der Waals surface area (Å²) in [5.74, 6) is 0.762. The van der Waals surface area contributed by atoms with E-state index in [-0.39, 0.29) is 0 Å². The molecule has 0 radical (unpaired) electrons. The summed E-state index contributed by atoms with van der Waals surface area (Å²) in [5.41, 5.74) is 3.85. The van der Waals surface area contributed by atoms with Crippen LogP contribution in [0, 0.1) is 0 Å². The molecule has 0 aliphatic carbocycles. The summed E-state index contributed by atoms with van der Waals surface area (Å²) in [6, 6.07) is 11.9. The van der Waals surface area contributed by atoms with E-state index < -0.39 is 6.03 Å². The van der Waals surface area contributed by atoms with Gasteiger partial charge in [0.15, 0.2) is 0 Å². The lowest BCUT2D eigenvalue weighted by molar-refractivity contribution is 0.252. The van der Waals surface area contributed by atoms with Gasteiger partial charge in [-0.3, -0.25) is 0 Å². The second-order valence-electron chi connectivity index (χ2n) is 4.45. The first-order valence-corrected chi connectivity index (χ1v) is 8.03. The summed E-state index contributed by atoms with van der Waals surface area (Å²) >= 11 is 9.20. The number of carbonyl (C=O) groups excluding carboxylic acids is 1. The van der Waals surface area contributed by atoms with Crippen molar-refractivity contribution in [1.82, 2.24) is 5.43 Å². The van der Waals surface area contributed by atoms with Crippen LogP contribution in [0.25, 0.3) is 0 Å². The SMILES string of the molecule is CCOc1ccc(/C=N\NC(=O)Nc2ccc(Cl)cc2)cc1Br. The molecule has 0 saturated carbocycles. The fourth-order valence-electron chi connectivity index (χ4n) is 1.73. The highest BCUT2D eigenvalue weighted by molar-refractivity contribution is 9.10. The van der Waals surface area contributed by atoms with E-state index in [0.29, 0.717) is 17.3 Å². The van der Waals surface area contributed by atoms with Crippen LogP contribution in [-0.4, -0.2) is 18.9 Å². The highest BCUT2D eigenvalue weighted by atomic mass is 79.9. The van der Waals surface area contributed by atoms with Crippen LogP contribution in [0.5, 0.6) is 5.75 Å². The van der Waals surface area contributed by atoms with Crippen LogP contribution in [0.1, 0.15) is 12.5 Å². The third-order valence-electron chi connectivity index (χ3n) is 2.74. The van der Waals surface area contributed by atoms with Gasteiger partial charge in [-0.2, -0.15) is 5.10 Å². The molecule has 7 heteroatoms. The van der Waals surface area contributed by atoms with E-state index in [0.717, 1.165) is 15.8 Å². The lowest BCUT2D eigenvalue weighted by atomic mass is 10.2. The minimum Gasteiger partial charge on any atom is -0.493 e. The molecule has 0 unspecified atom stereocenters. The van der Waals surface area contributed by atoms with Crippen LogP contribution in [0.15, 0.2) is 52.0 Å². The average Bonchev–Trinajstić information content (AvgIpc) is 2.52. The molecule has 2 aromatic carbocycles. The molecule has 0 aliphatic rings. The molecule has 0 fully saturated rings. The molecule has 2 rings (SSSR count). The molecule has 0 aliphatic heterocycles. The molecule has 23 heavy (non-hydrogen) atoms. The Morgan fingerprint density at radius 3 is 2.70 bits per heavy atom. The van der Waals surface area contributed by atoms with Gasteiger partial charge in [0.25, 0.3) is 0 Å². The maximum atomic E-state index is 11.7. The Kier molecular flexibility index (Phi) is 6.43. The van der Waals surface area contributed by atoms with Gasteiger partial charge in [0, 0.05) is 10.7 Å². The summed E-state index contributed by atoms with van der Waals surface area (Å²) < 4.78 is 6.26. The number of nitrogens with one attached hydrogen (secondary N) is 2. The third-order valence-corrected chi connectivity index (χ3v) is 3.61. The Morgan fingerprint density at radius 1 is 1.30 bits per heavy atom. The van der Waals surface area contributed by atoms with Gasteiger partial charge in [0.2, 0.25) is 0 Å². The number of rotatable bonds is 5. The third kappa shape index (κ3) is 5.58. The molecule has 0 aromatic heterocycles. The molecule has 120 valence electrons. The van der Waals surface area contributed by atoms with Gasteiger partial charge in [0.1, 0.15) is 5.75 Å². The molecule has 2 aromatic rings. The smallest absolute Gasteiger partial charge is 0.339 e. The van der Waals surface area contributed by atoms with E-state index in [1.54, 1.807) is 30.5 Å². The normalized spacial score (nSPS) is 10.6. The Labute approximate surface area is 147 Å². The van der Waals surface area contributed by atoms with E-state index in [1.807, 2.05) is 25.1 Å². The number of urea groups is 1. The highest BCUT2D eigenvalue weighted by Gasteiger charge is 2.02. The van der Waals surface area contributed by atoms with E-state index in [1.165, 1.54) is 0 Å². The molecule has 0 saturated heterocycles. The number of hydrogen-bond acceptors (Lipinski definition) is 3. The second-order valence-corrected chi connectivity index (χ2v) is 5.74. The number of anilines is 1. The number of benzene rings is 2. The molecule has 0 bridgehead atoms. The van der Waals surface area contributed by atoms with E-state index in [4.69, 9.17) is 16.3 Å². The molecule has 0 spiro atoms. The largest absolute Gasteiger partial charge is 0.493 e. The van der Waals surface area contributed by atoms with Crippen molar-refractivity contribution in [3.05, 3.63) is 57.5 Å². The predicted molar refractivity (Wildman–Crippen MR) is 96.5 cm³/mol. The molecule has 2 N–H and O–H groups in total. The quantitative estimate of drug-likeness (QED) is 0.570. The maximum absolute atomic E-state index is 11.7. The van der Waals surface area contributed by atoms with Crippen LogP contribution in [-0.2, 0) is 0 Å². The number of hydrogen-bond donors (Lipinski definition) is 2. The first-order valence-electron chi connectivity index (χ1n) is 6.86. The number of amides is 2. The molecule has 2 amide bonds. The Bertz CT molecular complexity index is 705. The van der Waals surface area contributed by atoms with Crippen molar-refractivity contribution in [2.75, 3.05) is 11.9 Å². The minimum atomic E-state index is -0.437. The molecular weight excluding hydrogens is 382 g/mol. The van der Waals surface area contributed by atoms with Gasteiger partial charge in [-0.25, -0.2) is 10.2 Å². The number of halogens is 2. The van der Waals surface area contributed by atoms with Crippen LogP contribution in [0.2, 0.25) is 5.02 Å². The Hall–Kier alpha value is -2.05. The summed E-state index contributed by atoms with van der Waals surface area (Å²) in [6.07, 6.45) is 1.54. The van der Waals surface area contributed by atoms with Crippen molar-refractivity contribution in [1.29, 1.82) is 0 Å². The van der Waals surface area contributed by atoms with Crippen molar-refractivity contribution in [2.24, 2.45) is 5.10 Å². The van der Waals surface area contributed by atoms with Crippen molar-refractivity contribution < 1.29 is 9.53 Å². The first kappa shape index (κ1) is 17.3. The number of hydrazone groups is 1. The molecular formula is C16H15BrClN3O2. The predicted octanol–water partition coefficient (Wildman–Crippen LogP) is 4.66. The fourth-order valence-corrected chi connectivity index (χ4v) is 2.36. The fraction of sp³-hybridized carbons (Fsp3) is 0.125. The first-order chi connectivity index (χ1) is 11.1. The zero-order valence-electron chi connectivity index (χ0n) is 12.3. The standard InChI is InChI=1S/C16H15BrClN3O2/c1-2-23-15-8-3-11(9-14(15)17)10-19-21-16(22)20-13-6-4-12(18)5-7-13/h3-10H,2H2,1H3,(H2,20,21,22)/b19-10-. The lowest BCUT2D eigenvalue weighted by Crippen LogP contribution is -2.24. The summed E-state index contributed by atoms with van der Waals surface area (Å²) in [7, 11) is 0. The van der Waals surface area contributed by atoms with Gasteiger partial charge in [-0.15, -0.1) is 0 Å². The number of ether oxygens (including phenoxy) is 1. The van der Waals surface area contributed by atoms with Gasteiger partial charge in [-0.05, 0) is 70.9 Å². The zero-order valence-corrected chi connectivity index (χ0v) is 14.7. The zero-order chi connectivity index (χ0) is 16.7.